The third-order valence-electron chi connectivity index (χ3n) is 1.03. The van der Waals surface area contributed by atoms with Crippen LogP contribution < -0.4 is 0 Å². The number of carbonyl (C=O) groups is 1. The summed E-state index contributed by atoms with van der Waals surface area (Å²) >= 11 is 1.79. The Labute approximate surface area is 68.8 Å². The van der Waals surface area contributed by atoms with Crippen LogP contribution in [-0.2, 0) is 4.79 Å². The Morgan fingerprint density at radius 2 is 2.00 bits per heavy atom. The fourth-order valence-electron chi connectivity index (χ4n) is 0.553. The molecule has 0 aliphatic carbocycles. The molecule has 0 bridgehead atoms. The first-order valence-corrected chi connectivity index (χ1v) is 4.14. The summed E-state index contributed by atoms with van der Waals surface area (Å²) in [6.45, 7) is 0.245. The molecule has 1 N–H and O–H groups in total. The van der Waals surface area contributed by atoms with Gasteiger partial charge in [0.05, 0.1) is 0 Å². The van der Waals surface area contributed by atoms with E-state index in [1.165, 1.54) is 0 Å². The second kappa shape index (κ2) is 6.48. The van der Waals surface area contributed by atoms with Crippen LogP contribution in [0.25, 0.3) is 0 Å². The van der Waals surface area contributed by atoms with Crippen LogP contribution >= 0.6 is 22.6 Å². The van der Waals surface area contributed by atoms with Gasteiger partial charge in [-0.1, -0.05) is 6.42 Å². The largest absolute Gasteiger partial charge is 0.396 e. The summed E-state index contributed by atoms with van der Waals surface area (Å²) in [5, 5.41) is 8.34. The highest BCUT2D eigenvalue weighted by Gasteiger charge is 1.93. The topological polar surface area (TPSA) is 37.3 Å². The number of rotatable bonds is 5. The molecule has 0 aromatic carbocycles. The fraction of sp³-hybridized carbons (Fsp3) is 0.833. The molecule has 0 saturated carbocycles. The normalized spacial score (nSPS) is 9.56. The van der Waals surface area contributed by atoms with Crippen LogP contribution in [0, 0.1) is 0 Å². The molecule has 2 nitrogen and oxygen atoms in total. The lowest BCUT2D eigenvalue weighted by Crippen LogP contribution is -1.87. The number of aliphatic hydroxyl groups excluding tert-OH is 1. The van der Waals surface area contributed by atoms with E-state index >= 15 is 0 Å². The molecule has 0 spiro atoms. The van der Waals surface area contributed by atoms with Crippen molar-refractivity contribution in [1.82, 2.24) is 0 Å². The highest BCUT2D eigenvalue weighted by molar-refractivity contribution is 14.1. The Morgan fingerprint density at radius 3 is 2.44 bits per heavy atom. The van der Waals surface area contributed by atoms with E-state index in [4.69, 9.17) is 5.11 Å². The highest BCUT2D eigenvalue weighted by atomic mass is 127. The maximum absolute atomic E-state index is 10.3. The van der Waals surface area contributed by atoms with Gasteiger partial charge in [0.1, 0.15) is 0 Å². The van der Waals surface area contributed by atoms with E-state index in [9.17, 15) is 4.79 Å². The van der Waals surface area contributed by atoms with Gasteiger partial charge in [0.2, 0.25) is 0 Å². The molecular weight excluding hydrogens is 231 g/mol. The average Bonchev–Trinajstić information content (AvgIpc) is 1.80. The summed E-state index contributed by atoms with van der Waals surface area (Å²) in [5.74, 6) is 0. The number of carbonyl (C=O) groups excluding carboxylic acids is 1. The van der Waals surface area contributed by atoms with Crippen molar-refractivity contribution in [1.29, 1.82) is 0 Å². The predicted octanol–water partition coefficient (Wildman–Crippen LogP) is 1.50. The van der Waals surface area contributed by atoms with Crippen molar-refractivity contribution in [2.75, 3.05) is 6.61 Å². The molecule has 0 rings (SSSR count). The Morgan fingerprint density at radius 1 is 1.33 bits per heavy atom. The monoisotopic (exact) mass is 242 g/mol. The second-order valence-electron chi connectivity index (χ2n) is 1.89. The SMILES string of the molecule is O=C(I)CCCCCO. The van der Waals surface area contributed by atoms with E-state index in [0.717, 1.165) is 19.3 Å². The van der Waals surface area contributed by atoms with Crippen LogP contribution in [0.2, 0.25) is 0 Å². The number of hydrogen-bond donors (Lipinski definition) is 1. The number of aliphatic hydroxyl groups is 1. The zero-order chi connectivity index (χ0) is 7.11. The van der Waals surface area contributed by atoms with E-state index in [-0.39, 0.29) is 10.4 Å². The highest BCUT2D eigenvalue weighted by Crippen LogP contribution is 2.02. The third kappa shape index (κ3) is 8.36. The van der Waals surface area contributed by atoms with Gasteiger partial charge in [0.15, 0.2) is 3.79 Å². The zero-order valence-electron chi connectivity index (χ0n) is 5.27. The maximum Gasteiger partial charge on any atom is 0.192 e. The van der Waals surface area contributed by atoms with Gasteiger partial charge >= 0.3 is 0 Å². The molecule has 0 unspecified atom stereocenters. The van der Waals surface area contributed by atoms with Crippen molar-refractivity contribution in [2.45, 2.75) is 25.7 Å². The van der Waals surface area contributed by atoms with Crippen LogP contribution in [0.15, 0.2) is 0 Å². The molecule has 0 heterocycles. The summed E-state index contributed by atoms with van der Waals surface area (Å²) in [6, 6.07) is 0. The zero-order valence-corrected chi connectivity index (χ0v) is 7.43. The minimum Gasteiger partial charge on any atom is -0.396 e. The second-order valence-corrected chi connectivity index (χ2v) is 3.09. The number of halogens is 1. The first-order chi connectivity index (χ1) is 4.27. The molecule has 3 heteroatoms. The number of unbranched alkanes of at least 4 members (excludes halogenated alkanes) is 2. The Bertz CT molecular complexity index is 83.1. The molecule has 0 saturated heterocycles. The summed E-state index contributed by atoms with van der Waals surface area (Å²) < 4.78 is 0.213. The van der Waals surface area contributed by atoms with Crippen molar-refractivity contribution in [3.8, 4) is 0 Å². The quantitative estimate of drug-likeness (QED) is 0.450. The van der Waals surface area contributed by atoms with Crippen molar-refractivity contribution >= 4 is 26.4 Å². The molecule has 9 heavy (non-hydrogen) atoms. The molecular formula is C6H11IO2. The summed E-state index contributed by atoms with van der Waals surface area (Å²) in [5.41, 5.74) is 0. The van der Waals surface area contributed by atoms with E-state index in [1.807, 2.05) is 0 Å². The Hall–Kier alpha value is 0.360. The van der Waals surface area contributed by atoms with Gasteiger partial charge in [0, 0.05) is 13.0 Å². The standard InChI is InChI=1S/C6H11IO2/c7-6(9)4-2-1-3-5-8/h8H,1-5H2. The van der Waals surface area contributed by atoms with Crippen molar-refractivity contribution < 1.29 is 9.90 Å². The molecule has 0 aromatic heterocycles. The molecule has 0 atom stereocenters. The fourth-order valence-corrected chi connectivity index (χ4v) is 0.934. The predicted molar refractivity (Wildman–Crippen MR) is 44.6 cm³/mol. The van der Waals surface area contributed by atoms with Crippen LogP contribution in [0.5, 0.6) is 0 Å². The smallest absolute Gasteiger partial charge is 0.192 e. The van der Waals surface area contributed by atoms with Gasteiger partial charge in [0.25, 0.3) is 0 Å². The molecule has 0 fully saturated rings. The van der Waals surface area contributed by atoms with Crippen molar-refractivity contribution in [2.24, 2.45) is 0 Å². The molecule has 0 aliphatic heterocycles. The lowest BCUT2D eigenvalue weighted by molar-refractivity contribution is -0.109. The van der Waals surface area contributed by atoms with Gasteiger partial charge in [-0.05, 0) is 35.4 Å². The van der Waals surface area contributed by atoms with Crippen LogP contribution in [0.1, 0.15) is 25.7 Å². The summed E-state index contributed by atoms with van der Waals surface area (Å²) in [4.78, 5) is 10.3. The first kappa shape index (κ1) is 9.36. The van der Waals surface area contributed by atoms with Crippen LogP contribution in [0.3, 0.4) is 0 Å². The van der Waals surface area contributed by atoms with E-state index in [0.29, 0.717) is 6.42 Å². The van der Waals surface area contributed by atoms with E-state index < -0.39 is 0 Å². The Balaban J connectivity index is 2.83. The molecule has 54 valence electrons. The summed E-state index contributed by atoms with van der Waals surface area (Å²) in [7, 11) is 0. The minimum atomic E-state index is 0.213. The van der Waals surface area contributed by atoms with Crippen molar-refractivity contribution in [3.63, 3.8) is 0 Å². The van der Waals surface area contributed by atoms with Crippen LogP contribution in [-0.4, -0.2) is 15.5 Å². The summed E-state index contributed by atoms with van der Waals surface area (Å²) in [6.07, 6.45) is 3.36. The van der Waals surface area contributed by atoms with Crippen molar-refractivity contribution in [3.05, 3.63) is 0 Å². The van der Waals surface area contributed by atoms with Crippen LogP contribution in [0.4, 0.5) is 0 Å². The van der Waals surface area contributed by atoms with Gasteiger partial charge in [-0.3, -0.25) is 4.79 Å². The molecule has 0 aliphatic rings. The minimum absolute atomic E-state index is 0.213. The van der Waals surface area contributed by atoms with Gasteiger partial charge < -0.3 is 5.11 Å². The molecule has 0 amide bonds. The Kier molecular flexibility index (Phi) is 6.74. The lowest BCUT2D eigenvalue weighted by atomic mass is 10.2. The third-order valence-corrected chi connectivity index (χ3v) is 1.57. The maximum atomic E-state index is 10.3. The molecule has 0 aromatic rings. The first-order valence-electron chi connectivity index (χ1n) is 3.06. The van der Waals surface area contributed by atoms with E-state index in [2.05, 4.69) is 0 Å². The average molecular weight is 242 g/mol. The molecule has 0 radical (unpaired) electrons. The number of hydrogen-bond acceptors (Lipinski definition) is 2. The van der Waals surface area contributed by atoms with Gasteiger partial charge in [-0.2, -0.15) is 0 Å². The lowest BCUT2D eigenvalue weighted by Gasteiger charge is -1.92. The van der Waals surface area contributed by atoms with E-state index in [1.54, 1.807) is 22.6 Å². The van der Waals surface area contributed by atoms with Gasteiger partial charge in [-0.25, -0.2) is 0 Å². The van der Waals surface area contributed by atoms with Gasteiger partial charge in [-0.15, -0.1) is 0 Å².